The number of nitrogens with zero attached hydrogens (tertiary/aromatic N) is 1. The van der Waals surface area contributed by atoms with Gasteiger partial charge in [0.1, 0.15) is 0 Å². The van der Waals surface area contributed by atoms with E-state index in [1.165, 1.54) is 22.1 Å². The predicted molar refractivity (Wildman–Crippen MR) is 89.1 cm³/mol. The van der Waals surface area contributed by atoms with Gasteiger partial charge in [-0.25, -0.2) is 4.98 Å². The zero-order valence-corrected chi connectivity index (χ0v) is 13.5. The van der Waals surface area contributed by atoms with Crippen molar-refractivity contribution in [2.45, 2.75) is 20.8 Å². The lowest BCUT2D eigenvalue weighted by molar-refractivity contribution is 1.30. The molecule has 0 fully saturated rings. The molecular formula is C18H16BrN. The zero-order chi connectivity index (χ0) is 14.3. The number of fused-ring (bicyclic) bond motifs is 1. The van der Waals surface area contributed by atoms with E-state index in [0.717, 1.165) is 21.2 Å². The van der Waals surface area contributed by atoms with Gasteiger partial charge in [-0.2, -0.15) is 0 Å². The molecule has 0 atom stereocenters. The van der Waals surface area contributed by atoms with E-state index in [2.05, 4.69) is 73.1 Å². The van der Waals surface area contributed by atoms with Crippen LogP contribution >= 0.6 is 15.9 Å². The van der Waals surface area contributed by atoms with Crippen LogP contribution in [0.4, 0.5) is 0 Å². The Hall–Kier alpha value is -1.67. The van der Waals surface area contributed by atoms with Gasteiger partial charge < -0.3 is 0 Å². The second-order valence-electron chi connectivity index (χ2n) is 5.22. The quantitative estimate of drug-likeness (QED) is 0.568. The number of aromatic nitrogens is 1. The lowest BCUT2D eigenvalue weighted by Crippen LogP contribution is -1.93. The molecule has 0 N–H and O–H groups in total. The van der Waals surface area contributed by atoms with Gasteiger partial charge in [0, 0.05) is 15.4 Å². The number of hydrogen-bond acceptors (Lipinski definition) is 1. The number of pyridine rings is 1. The molecule has 0 spiro atoms. The maximum atomic E-state index is 4.83. The maximum absolute atomic E-state index is 4.83. The van der Waals surface area contributed by atoms with E-state index in [1.807, 2.05) is 6.07 Å². The molecular weight excluding hydrogens is 310 g/mol. The van der Waals surface area contributed by atoms with Gasteiger partial charge >= 0.3 is 0 Å². The average Bonchev–Trinajstić information content (AvgIpc) is 2.46. The molecule has 1 heterocycles. The lowest BCUT2D eigenvalue weighted by Gasteiger charge is -2.11. The molecule has 3 rings (SSSR count). The van der Waals surface area contributed by atoms with Crippen LogP contribution in [-0.4, -0.2) is 4.98 Å². The molecule has 1 nitrogen and oxygen atoms in total. The van der Waals surface area contributed by atoms with Crippen LogP contribution in [0.25, 0.3) is 22.2 Å². The molecule has 0 radical (unpaired) electrons. The molecule has 20 heavy (non-hydrogen) atoms. The van der Waals surface area contributed by atoms with Crippen molar-refractivity contribution in [1.82, 2.24) is 4.98 Å². The fraction of sp³-hybridized carbons (Fsp3) is 0.167. The smallest absolute Gasteiger partial charge is 0.0854 e. The minimum atomic E-state index is 1.02. The molecule has 0 aliphatic carbocycles. The first-order valence-electron chi connectivity index (χ1n) is 6.70. The number of rotatable bonds is 1. The SMILES string of the molecule is Cc1ccc(-c2nc3ccccc3c(C)c2Br)cc1C. The van der Waals surface area contributed by atoms with Gasteiger partial charge in [-0.3, -0.25) is 0 Å². The van der Waals surface area contributed by atoms with Crippen LogP contribution in [0.2, 0.25) is 0 Å². The van der Waals surface area contributed by atoms with Gasteiger partial charge in [0.05, 0.1) is 11.2 Å². The highest BCUT2D eigenvalue weighted by molar-refractivity contribution is 9.10. The molecule has 0 aliphatic rings. The van der Waals surface area contributed by atoms with Crippen molar-refractivity contribution in [2.24, 2.45) is 0 Å². The molecule has 3 aromatic rings. The highest BCUT2D eigenvalue weighted by Crippen LogP contribution is 2.34. The Balaban J connectivity index is 2.30. The van der Waals surface area contributed by atoms with Gasteiger partial charge in [-0.1, -0.05) is 30.3 Å². The fourth-order valence-electron chi connectivity index (χ4n) is 2.43. The van der Waals surface area contributed by atoms with Crippen LogP contribution in [0, 0.1) is 20.8 Å². The van der Waals surface area contributed by atoms with Crippen molar-refractivity contribution in [3.05, 3.63) is 63.6 Å². The maximum Gasteiger partial charge on any atom is 0.0854 e. The molecule has 0 unspecified atom stereocenters. The molecule has 0 bridgehead atoms. The molecule has 0 aliphatic heterocycles. The summed E-state index contributed by atoms with van der Waals surface area (Å²) in [4.78, 5) is 4.83. The van der Waals surface area contributed by atoms with E-state index in [9.17, 15) is 0 Å². The average molecular weight is 326 g/mol. The molecule has 0 saturated heterocycles. The van der Waals surface area contributed by atoms with Gasteiger partial charge in [0.2, 0.25) is 0 Å². The first-order chi connectivity index (χ1) is 9.58. The van der Waals surface area contributed by atoms with Crippen molar-refractivity contribution in [3.63, 3.8) is 0 Å². The van der Waals surface area contributed by atoms with Crippen molar-refractivity contribution in [2.75, 3.05) is 0 Å². The molecule has 0 amide bonds. The van der Waals surface area contributed by atoms with E-state index in [0.29, 0.717) is 0 Å². The van der Waals surface area contributed by atoms with Crippen LogP contribution in [0.3, 0.4) is 0 Å². The number of para-hydroxylation sites is 1. The summed E-state index contributed by atoms with van der Waals surface area (Å²) in [5, 5.41) is 1.20. The van der Waals surface area contributed by atoms with E-state index in [-0.39, 0.29) is 0 Å². The van der Waals surface area contributed by atoms with Gasteiger partial charge in [0.15, 0.2) is 0 Å². The van der Waals surface area contributed by atoms with Gasteiger partial charge in [0.25, 0.3) is 0 Å². The van der Waals surface area contributed by atoms with E-state index >= 15 is 0 Å². The lowest BCUT2D eigenvalue weighted by atomic mass is 10.0. The Bertz CT molecular complexity index is 806. The van der Waals surface area contributed by atoms with Crippen molar-refractivity contribution in [3.8, 4) is 11.3 Å². The highest BCUT2D eigenvalue weighted by Gasteiger charge is 2.11. The minimum Gasteiger partial charge on any atom is -0.247 e. The summed E-state index contributed by atoms with van der Waals surface area (Å²) < 4.78 is 1.08. The largest absolute Gasteiger partial charge is 0.247 e. The van der Waals surface area contributed by atoms with Crippen LogP contribution in [0.5, 0.6) is 0 Å². The van der Waals surface area contributed by atoms with Gasteiger partial charge in [-0.15, -0.1) is 0 Å². The Morgan fingerprint density at radius 3 is 2.40 bits per heavy atom. The number of aryl methyl sites for hydroxylation is 3. The van der Waals surface area contributed by atoms with Crippen LogP contribution in [0.1, 0.15) is 16.7 Å². The van der Waals surface area contributed by atoms with Crippen molar-refractivity contribution >= 4 is 26.8 Å². The van der Waals surface area contributed by atoms with Crippen LogP contribution in [0.15, 0.2) is 46.9 Å². The number of hydrogen-bond donors (Lipinski definition) is 0. The van der Waals surface area contributed by atoms with Crippen molar-refractivity contribution in [1.29, 1.82) is 0 Å². The Morgan fingerprint density at radius 2 is 1.65 bits per heavy atom. The topological polar surface area (TPSA) is 12.9 Å². The third-order valence-corrected chi connectivity index (χ3v) is 4.83. The Morgan fingerprint density at radius 1 is 0.900 bits per heavy atom. The highest BCUT2D eigenvalue weighted by atomic mass is 79.9. The summed E-state index contributed by atoms with van der Waals surface area (Å²) in [5.74, 6) is 0. The molecule has 2 heteroatoms. The second kappa shape index (κ2) is 5.02. The number of halogens is 1. The fourth-order valence-corrected chi connectivity index (χ4v) is 2.96. The van der Waals surface area contributed by atoms with Crippen LogP contribution < -0.4 is 0 Å². The van der Waals surface area contributed by atoms with Crippen LogP contribution in [-0.2, 0) is 0 Å². The molecule has 100 valence electrons. The van der Waals surface area contributed by atoms with Gasteiger partial charge in [-0.05, 0) is 65.5 Å². The summed E-state index contributed by atoms with van der Waals surface area (Å²) in [5.41, 5.74) is 7.06. The van der Waals surface area contributed by atoms with E-state index < -0.39 is 0 Å². The first kappa shape index (κ1) is 13.3. The normalized spacial score (nSPS) is 11.0. The van der Waals surface area contributed by atoms with Crippen molar-refractivity contribution < 1.29 is 0 Å². The zero-order valence-electron chi connectivity index (χ0n) is 11.9. The number of benzene rings is 2. The third-order valence-electron chi connectivity index (χ3n) is 3.86. The summed E-state index contributed by atoms with van der Waals surface area (Å²) >= 11 is 3.72. The molecule has 2 aromatic carbocycles. The third kappa shape index (κ3) is 2.14. The second-order valence-corrected chi connectivity index (χ2v) is 6.01. The first-order valence-corrected chi connectivity index (χ1v) is 7.49. The van der Waals surface area contributed by atoms with E-state index in [4.69, 9.17) is 4.98 Å². The molecule has 0 saturated carbocycles. The monoisotopic (exact) mass is 325 g/mol. The van der Waals surface area contributed by atoms with E-state index in [1.54, 1.807) is 0 Å². The minimum absolute atomic E-state index is 1.02. The summed E-state index contributed by atoms with van der Waals surface area (Å²) in [6.07, 6.45) is 0. The standard InChI is InChI=1S/C18H16BrN/c1-11-8-9-14(10-12(11)2)18-17(19)13(3)15-6-4-5-7-16(15)20-18/h4-10H,1-3H3. The molecule has 1 aromatic heterocycles. The predicted octanol–water partition coefficient (Wildman–Crippen LogP) is 5.59. The summed E-state index contributed by atoms with van der Waals surface area (Å²) in [6.45, 7) is 6.41. The Labute approximate surface area is 127 Å². The summed E-state index contributed by atoms with van der Waals surface area (Å²) in [6, 6.07) is 14.8. The summed E-state index contributed by atoms with van der Waals surface area (Å²) in [7, 11) is 0. The Kier molecular flexibility index (Phi) is 3.35.